The summed E-state index contributed by atoms with van der Waals surface area (Å²) in [6, 6.07) is 2.82. The van der Waals surface area contributed by atoms with Gasteiger partial charge in [-0.2, -0.15) is 0 Å². The van der Waals surface area contributed by atoms with Crippen LogP contribution in [-0.4, -0.2) is 31.4 Å². The molecule has 4 nitrogen and oxygen atoms in total. The molecule has 0 aliphatic carbocycles. The summed E-state index contributed by atoms with van der Waals surface area (Å²) >= 11 is 0. The van der Waals surface area contributed by atoms with Gasteiger partial charge in [-0.05, 0) is 13.3 Å². The molecule has 5 heteroatoms. The van der Waals surface area contributed by atoms with Gasteiger partial charge in [0.25, 0.3) is 0 Å². The van der Waals surface area contributed by atoms with Crippen molar-refractivity contribution < 1.29 is 14.2 Å². The van der Waals surface area contributed by atoms with E-state index in [2.05, 4.69) is 0 Å². The van der Waals surface area contributed by atoms with Crippen molar-refractivity contribution in [2.24, 2.45) is 0 Å². The van der Waals surface area contributed by atoms with Crippen LogP contribution < -0.4 is 15.4 Å². The number of nitrogens with two attached hydrogens (primary N) is 1. The number of rotatable bonds is 6. The summed E-state index contributed by atoms with van der Waals surface area (Å²) in [5, 5.41) is 9.35. The van der Waals surface area contributed by atoms with Gasteiger partial charge >= 0.3 is 0 Å². The van der Waals surface area contributed by atoms with E-state index in [9.17, 15) is 9.50 Å². The van der Waals surface area contributed by atoms with Crippen molar-refractivity contribution in [1.82, 2.24) is 0 Å². The van der Waals surface area contributed by atoms with Crippen LogP contribution in [0.1, 0.15) is 20.3 Å². The van der Waals surface area contributed by atoms with E-state index >= 15 is 0 Å². The first-order chi connectivity index (χ1) is 8.45. The number of hydrogen-bond donors (Lipinski definition) is 2. The number of halogens is 1. The summed E-state index contributed by atoms with van der Waals surface area (Å²) in [5.74, 6) is -0.270. The number of likely N-dealkylation sites (N-methyl/N-ethyl adjacent to an activating group) is 1. The minimum Gasteiger partial charge on any atom is -0.490 e. The largest absolute Gasteiger partial charge is 0.490 e. The maximum atomic E-state index is 13.6. The lowest BCUT2D eigenvalue weighted by Crippen LogP contribution is -2.27. The molecule has 0 fully saturated rings. The van der Waals surface area contributed by atoms with Crippen molar-refractivity contribution in [1.29, 1.82) is 0 Å². The first-order valence-corrected chi connectivity index (χ1v) is 6.06. The predicted octanol–water partition coefficient (Wildman–Crippen LogP) is 2.01. The summed E-state index contributed by atoms with van der Waals surface area (Å²) in [7, 11) is 1.79. The number of ether oxygens (including phenoxy) is 1. The van der Waals surface area contributed by atoms with E-state index < -0.39 is 11.9 Å². The highest BCUT2D eigenvalue weighted by Gasteiger charge is 2.13. The Labute approximate surface area is 107 Å². The van der Waals surface area contributed by atoms with Gasteiger partial charge in [-0.25, -0.2) is 4.39 Å². The van der Waals surface area contributed by atoms with Crippen LogP contribution >= 0.6 is 0 Å². The van der Waals surface area contributed by atoms with Crippen molar-refractivity contribution in [2.45, 2.75) is 26.4 Å². The molecule has 102 valence electrons. The first-order valence-electron chi connectivity index (χ1n) is 6.06. The number of aliphatic hydroxyl groups is 1. The van der Waals surface area contributed by atoms with Gasteiger partial charge in [-0.1, -0.05) is 6.92 Å². The molecule has 0 heterocycles. The molecule has 0 radical (unpaired) electrons. The molecule has 18 heavy (non-hydrogen) atoms. The van der Waals surface area contributed by atoms with Gasteiger partial charge in [0.1, 0.15) is 0 Å². The lowest BCUT2D eigenvalue weighted by molar-refractivity contribution is 0.201. The van der Waals surface area contributed by atoms with Gasteiger partial charge in [-0.3, -0.25) is 0 Å². The molecule has 0 aromatic heterocycles. The third-order valence-electron chi connectivity index (χ3n) is 2.49. The molecule has 0 bridgehead atoms. The Morgan fingerprint density at radius 2 is 2.17 bits per heavy atom. The second-order valence-corrected chi connectivity index (χ2v) is 4.42. The topological polar surface area (TPSA) is 58.7 Å². The summed E-state index contributed by atoms with van der Waals surface area (Å²) in [6.45, 7) is 4.52. The summed E-state index contributed by atoms with van der Waals surface area (Å²) in [6.07, 6.45) is 0.322. The highest BCUT2D eigenvalue weighted by atomic mass is 19.1. The lowest BCUT2D eigenvalue weighted by Gasteiger charge is -2.23. The molecule has 1 rings (SSSR count). The summed E-state index contributed by atoms with van der Waals surface area (Å²) in [5.41, 5.74) is 6.77. The quantitative estimate of drug-likeness (QED) is 0.764. The Morgan fingerprint density at radius 3 is 2.72 bits per heavy atom. The Bertz CT molecular complexity index is 397. The van der Waals surface area contributed by atoms with E-state index in [4.69, 9.17) is 10.5 Å². The molecule has 0 amide bonds. The fourth-order valence-corrected chi connectivity index (χ4v) is 1.71. The van der Waals surface area contributed by atoms with Crippen LogP contribution in [0, 0.1) is 5.82 Å². The van der Waals surface area contributed by atoms with Gasteiger partial charge in [0, 0.05) is 25.7 Å². The van der Waals surface area contributed by atoms with E-state index in [0.717, 1.165) is 6.42 Å². The SMILES string of the molecule is CCCOc1cc(N(C)CC(C)O)c(N)cc1F. The average molecular weight is 256 g/mol. The number of benzene rings is 1. The standard InChI is InChI=1S/C13H21FN2O2/c1-4-5-18-13-7-12(11(15)6-10(13)14)16(3)8-9(2)17/h6-7,9,17H,4-5,8,15H2,1-3H3. The van der Waals surface area contributed by atoms with Gasteiger partial charge < -0.3 is 20.5 Å². The Balaban J connectivity index is 2.96. The summed E-state index contributed by atoms with van der Waals surface area (Å²) in [4.78, 5) is 1.78. The minimum atomic E-state index is -0.487. The fraction of sp³-hybridized carbons (Fsp3) is 0.538. The molecule has 1 atom stereocenters. The van der Waals surface area contributed by atoms with Crippen molar-refractivity contribution >= 4 is 11.4 Å². The monoisotopic (exact) mass is 256 g/mol. The first kappa shape index (κ1) is 14.6. The Kier molecular flexibility index (Phi) is 5.22. The molecule has 0 aliphatic rings. The molecular weight excluding hydrogens is 235 g/mol. The van der Waals surface area contributed by atoms with E-state index in [1.54, 1.807) is 24.9 Å². The normalized spacial score (nSPS) is 12.3. The number of aliphatic hydroxyl groups excluding tert-OH is 1. The number of nitrogens with zero attached hydrogens (tertiary/aromatic N) is 1. The second kappa shape index (κ2) is 6.44. The second-order valence-electron chi connectivity index (χ2n) is 4.42. The molecule has 1 aromatic rings. The molecule has 0 spiro atoms. The number of hydrogen-bond acceptors (Lipinski definition) is 4. The van der Waals surface area contributed by atoms with Crippen molar-refractivity contribution in [2.75, 3.05) is 30.8 Å². The highest BCUT2D eigenvalue weighted by molar-refractivity contribution is 5.69. The Morgan fingerprint density at radius 1 is 1.50 bits per heavy atom. The van der Waals surface area contributed by atoms with Crippen molar-refractivity contribution in [3.8, 4) is 5.75 Å². The van der Waals surface area contributed by atoms with Crippen LogP contribution in [0.2, 0.25) is 0 Å². The zero-order chi connectivity index (χ0) is 13.7. The van der Waals surface area contributed by atoms with Crippen molar-refractivity contribution in [3.05, 3.63) is 17.9 Å². The number of anilines is 2. The molecule has 0 aliphatic heterocycles. The molecular formula is C13H21FN2O2. The van der Waals surface area contributed by atoms with Gasteiger partial charge in [0.15, 0.2) is 11.6 Å². The van der Waals surface area contributed by atoms with Crippen LogP contribution in [0.25, 0.3) is 0 Å². The molecule has 1 aromatic carbocycles. The molecule has 3 N–H and O–H groups in total. The molecule has 0 saturated carbocycles. The van der Waals surface area contributed by atoms with E-state index in [0.29, 0.717) is 24.5 Å². The van der Waals surface area contributed by atoms with Crippen LogP contribution in [0.3, 0.4) is 0 Å². The minimum absolute atomic E-state index is 0.193. The van der Waals surface area contributed by atoms with Gasteiger partial charge in [0.2, 0.25) is 0 Å². The van der Waals surface area contributed by atoms with Gasteiger partial charge in [0.05, 0.1) is 24.1 Å². The lowest BCUT2D eigenvalue weighted by atomic mass is 10.2. The van der Waals surface area contributed by atoms with E-state index in [1.165, 1.54) is 6.07 Å². The average Bonchev–Trinajstić information content (AvgIpc) is 2.26. The van der Waals surface area contributed by atoms with Crippen LogP contribution in [0.4, 0.5) is 15.8 Å². The van der Waals surface area contributed by atoms with E-state index in [-0.39, 0.29) is 5.75 Å². The Hall–Kier alpha value is -1.49. The van der Waals surface area contributed by atoms with Crippen LogP contribution in [-0.2, 0) is 0 Å². The van der Waals surface area contributed by atoms with Crippen molar-refractivity contribution in [3.63, 3.8) is 0 Å². The predicted molar refractivity (Wildman–Crippen MR) is 71.5 cm³/mol. The molecule has 0 saturated heterocycles. The highest BCUT2D eigenvalue weighted by Crippen LogP contribution is 2.30. The maximum Gasteiger partial charge on any atom is 0.167 e. The zero-order valence-electron chi connectivity index (χ0n) is 11.1. The number of nitrogen functional groups attached to an aromatic ring is 1. The van der Waals surface area contributed by atoms with Gasteiger partial charge in [-0.15, -0.1) is 0 Å². The van der Waals surface area contributed by atoms with Crippen LogP contribution in [0.5, 0.6) is 5.75 Å². The fourth-order valence-electron chi connectivity index (χ4n) is 1.71. The van der Waals surface area contributed by atoms with Crippen LogP contribution in [0.15, 0.2) is 12.1 Å². The third-order valence-corrected chi connectivity index (χ3v) is 2.49. The zero-order valence-corrected chi connectivity index (χ0v) is 11.1. The molecule has 1 unspecified atom stereocenters. The van der Waals surface area contributed by atoms with E-state index in [1.807, 2.05) is 6.92 Å². The smallest absolute Gasteiger partial charge is 0.167 e. The third kappa shape index (κ3) is 3.77. The summed E-state index contributed by atoms with van der Waals surface area (Å²) < 4.78 is 18.9. The maximum absolute atomic E-state index is 13.6.